The maximum absolute atomic E-state index is 12.5. The van der Waals surface area contributed by atoms with Gasteiger partial charge in [0.2, 0.25) is 23.6 Å². The van der Waals surface area contributed by atoms with Gasteiger partial charge in [0.05, 0.1) is 6.42 Å². The van der Waals surface area contributed by atoms with Crippen LogP contribution in [0.5, 0.6) is 0 Å². The van der Waals surface area contributed by atoms with Crippen LogP contribution in [0.25, 0.3) is 0 Å². The van der Waals surface area contributed by atoms with E-state index in [2.05, 4.69) is 16.0 Å². The van der Waals surface area contributed by atoms with Gasteiger partial charge in [-0.05, 0) is 23.3 Å². The maximum atomic E-state index is 12.5. The number of piperazine rings is 1. The second kappa shape index (κ2) is 10.5. The molecule has 1 aliphatic heterocycles. The van der Waals surface area contributed by atoms with Crippen LogP contribution >= 0.6 is 23.2 Å². The molecular weight excluding hydrogens is 455 g/mol. The first-order valence-corrected chi connectivity index (χ1v) is 10.7. The van der Waals surface area contributed by atoms with Gasteiger partial charge in [0, 0.05) is 22.9 Å². The maximum Gasteiger partial charge on any atom is 0.243 e. The van der Waals surface area contributed by atoms with Crippen molar-refractivity contribution in [3.05, 3.63) is 69.7 Å². The van der Waals surface area contributed by atoms with Crippen molar-refractivity contribution in [2.24, 2.45) is 5.73 Å². The van der Waals surface area contributed by atoms with Crippen LogP contribution in [0.2, 0.25) is 10.0 Å². The second-order valence-electron chi connectivity index (χ2n) is 7.44. The van der Waals surface area contributed by atoms with E-state index in [1.165, 1.54) is 0 Å². The minimum absolute atomic E-state index is 0.0120. The summed E-state index contributed by atoms with van der Waals surface area (Å²) in [7, 11) is 0. The first-order valence-electron chi connectivity index (χ1n) is 9.91. The Morgan fingerprint density at radius 1 is 0.938 bits per heavy atom. The van der Waals surface area contributed by atoms with E-state index in [-0.39, 0.29) is 18.7 Å². The van der Waals surface area contributed by atoms with Crippen molar-refractivity contribution in [1.29, 1.82) is 0 Å². The molecule has 2 aromatic carbocycles. The quantitative estimate of drug-likeness (QED) is 0.454. The molecule has 10 heteroatoms. The third-order valence-electron chi connectivity index (χ3n) is 5.09. The van der Waals surface area contributed by atoms with Gasteiger partial charge in [-0.2, -0.15) is 0 Å². The van der Waals surface area contributed by atoms with E-state index < -0.39 is 35.8 Å². The molecule has 168 valence electrons. The Labute approximate surface area is 194 Å². The summed E-state index contributed by atoms with van der Waals surface area (Å²) in [4.78, 5) is 49.2. The summed E-state index contributed by atoms with van der Waals surface area (Å²) in [5.74, 6) is -2.28. The van der Waals surface area contributed by atoms with Crippen molar-refractivity contribution in [1.82, 2.24) is 16.0 Å². The Balaban J connectivity index is 1.59. The van der Waals surface area contributed by atoms with Gasteiger partial charge in [-0.15, -0.1) is 0 Å². The van der Waals surface area contributed by atoms with E-state index in [1.807, 2.05) is 30.3 Å². The zero-order valence-electron chi connectivity index (χ0n) is 16.9. The zero-order valence-corrected chi connectivity index (χ0v) is 18.5. The smallest absolute Gasteiger partial charge is 0.243 e. The molecule has 0 unspecified atom stereocenters. The Bertz CT molecular complexity index is 1010. The van der Waals surface area contributed by atoms with Crippen LogP contribution in [0, 0.1) is 0 Å². The zero-order chi connectivity index (χ0) is 23.3. The normalized spacial score (nSPS) is 18.9. The highest BCUT2D eigenvalue weighted by atomic mass is 35.5. The summed E-state index contributed by atoms with van der Waals surface area (Å²) in [5.41, 5.74) is 6.78. The number of hydrogen-bond donors (Lipinski definition) is 4. The van der Waals surface area contributed by atoms with Crippen LogP contribution in [0.4, 0.5) is 0 Å². The lowest BCUT2D eigenvalue weighted by Crippen LogP contribution is -2.63. The highest BCUT2D eigenvalue weighted by molar-refractivity contribution is 6.36. The Morgan fingerprint density at radius 3 is 2.16 bits per heavy atom. The molecule has 2 aromatic rings. The molecule has 5 N–H and O–H groups in total. The van der Waals surface area contributed by atoms with Crippen molar-refractivity contribution < 1.29 is 19.2 Å². The van der Waals surface area contributed by atoms with Crippen LogP contribution in [-0.4, -0.2) is 41.8 Å². The van der Waals surface area contributed by atoms with Crippen molar-refractivity contribution >= 4 is 46.8 Å². The van der Waals surface area contributed by atoms with Gasteiger partial charge in [0.15, 0.2) is 0 Å². The first kappa shape index (κ1) is 23.6. The highest BCUT2D eigenvalue weighted by Gasteiger charge is 2.35. The van der Waals surface area contributed by atoms with E-state index in [9.17, 15) is 19.2 Å². The third kappa shape index (κ3) is 5.99. The van der Waals surface area contributed by atoms with E-state index in [0.717, 1.165) is 5.56 Å². The standard InChI is InChI=1S/C22H22Cl2N4O4/c23-14-7-4-8-15(24)13(14)10-16(20(25)30)26-19(29)11-18-22(32)27-17(21(31)28-18)9-12-5-2-1-3-6-12/h1-8,16-18H,9-11H2,(H2,25,30)(H,26,29)(H,27,32)(H,28,31)/t16-,17-,18-/m0/s1. The van der Waals surface area contributed by atoms with E-state index in [1.54, 1.807) is 18.2 Å². The lowest BCUT2D eigenvalue weighted by Gasteiger charge is -2.29. The SMILES string of the molecule is NC(=O)[C@H](Cc1c(Cl)cccc1Cl)NC(=O)C[C@@H]1NC(=O)[C@H](Cc2ccccc2)NC1=O. The predicted octanol–water partition coefficient (Wildman–Crippen LogP) is 1.12. The van der Waals surface area contributed by atoms with Gasteiger partial charge >= 0.3 is 0 Å². The van der Waals surface area contributed by atoms with Gasteiger partial charge in [-0.3, -0.25) is 19.2 Å². The summed E-state index contributed by atoms with van der Waals surface area (Å²) >= 11 is 12.3. The number of nitrogens with two attached hydrogens (primary N) is 1. The van der Waals surface area contributed by atoms with Crippen molar-refractivity contribution in [3.8, 4) is 0 Å². The molecular formula is C22H22Cl2N4O4. The predicted molar refractivity (Wildman–Crippen MR) is 120 cm³/mol. The lowest BCUT2D eigenvalue weighted by atomic mass is 10.0. The topological polar surface area (TPSA) is 130 Å². The van der Waals surface area contributed by atoms with Crippen molar-refractivity contribution in [3.63, 3.8) is 0 Å². The van der Waals surface area contributed by atoms with Gasteiger partial charge < -0.3 is 21.7 Å². The van der Waals surface area contributed by atoms with Crippen LogP contribution < -0.4 is 21.7 Å². The first-order chi connectivity index (χ1) is 15.2. The molecule has 1 aliphatic rings. The Hall–Kier alpha value is -3.10. The minimum atomic E-state index is -1.09. The molecule has 1 heterocycles. The fraction of sp³-hybridized carbons (Fsp3) is 0.273. The number of amides is 4. The largest absolute Gasteiger partial charge is 0.368 e. The van der Waals surface area contributed by atoms with Gasteiger partial charge in [-0.1, -0.05) is 59.6 Å². The van der Waals surface area contributed by atoms with Gasteiger partial charge in [-0.25, -0.2) is 0 Å². The fourth-order valence-electron chi connectivity index (χ4n) is 3.41. The van der Waals surface area contributed by atoms with Gasteiger partial charge in [0.1, 0.15) is 18.1 Å². The molecule has 3 rings (SSSR count). The van der Waals surface area contributed by atoms with Crippen LogP contribution in [-0.2, 0) is 32.0 Å². The molecule has 0 aliphatic carbocycles. The number of benzene rings is 2. The number of hydrogen-bond acceptors (Lipinski definition) is 4. The van der Waals surface area contributed by atoms with E-state index in [0.29, 0.717) is 22.0 Å². The Kier molecular flexibility index (Phi) is 7.71. The lowest BCUT2D eigenvalue weighted by molar-refractivity contribution is -0.138. The second-order valence-corrected chi connectivity index (χ2v) is 8.26. The average molecular weight is 477 g/mol. The molecule has 32 heavy (non-hydrogen) atoms. The molecule has 1 fully saturated rings. The van der Waals surface area contributed by atoms with Crippen LogP contribution in [0.3, 0.4) is 0 Å². The molecule has 4 amide bonds. The number of primary amides is 1. The number of carbonyl (C=O) groups is 4. The fourth-order valence-corrected chi connectivity index (χ4v) is 3.96. The number of halogens is 2. The van der Waals surface area contributed by atoms with E-state index >= 15 is 0 Å². The number of rotatable bonds is 8. The summed E-state index contributed by atoms with van der Waals surface area (Å²) in [6.45, 7) is 0. The highest BCUT2D eigenvalue weighted by Crippen LogP contribution is 2.25. The average Bonchev–Trinajstić information content (AvgIpc) is 2.74. The minimum Gasteiger partial charge on any atom is -0.368 e. The van der Waals surface area contributed by atoms with Crippen LogP contribution in [0.15, 0.2) is 48.5 Å². The molecule has 1 saturated heterocycles. The Morgan fingerprint density at radius 2 is 1.53 bits per heavy atom. The molecule has 3 atom stereocenters. The number of nitrogens with one attached hydrogen (secondary N) is 3. The summed E-state index contributed by atoms with van der Waals surface area (Å²) in [6, 6.07) is 11.2. The molecule has 0 radical (unpaired) electrons. The molecule has 0 aromatic heterocycles. The number of carbonyl (C=O) groups excluding carboxylic acids is 4. The van der Waals surface area contributed by atoms with Gasteiger partial charge in [0.25, 0.3) is 0 Å². The summed E-state index contributed by atoms with van der Waals surface area (Å²) < 4.78 is 0. The van der Waals surface area contributed by atoms with E-state index in [4.69, 9.17) is 28.9 Å². The monoisotopic (exact) mass is 476 g/mol. The molecule has 0 saturated carbocycles. The summed E-state index contributed by atoms with van der Waals surface area (Å²) in [6.07, 6.45) is -0.0305. The summed E-state index contributed by atoms with van der Waals surface area (Å²) in [5, 5.41) is 8.37. The molecule has 8 nitrogen and oxygen atoms in total. The van der Waals surface area contributed by atoms with Crippen molar-refractivity contribution in [2.45, 2.75) is 37.4 Å². The van der Waals surface area contributed by atoms with Crippen molar-refractivity contribution in [2.75, 3.05) is 0 Å². The molecule has 0 bridgehead atoms. The molecule has 0 spiro atoms. The van der Waals surface area contributed by atoms with Crippen LogP contribution in [0.1, 0.15) is 17.5 Å². The third-order valence-corrected chi connectivity index (χ3v) is 5.79.